The summed E-state index contributed by atoms with van der Waals surface area (Å²) in [5.74, 6) is -1.30. The first kappa shape index (κ1) is 17.0. The highest BCUT2D eigenvalue weighted by Crippen LogP contribution is 2.33. The fourth-order valence-corrected chi connectivity index (χ4v) is 2.81. The van der Waals surface area contributed by atoms with Gasteiger partial charge in [-0.05, 0) is 58.7 Å². The number of rotatable bonds is 4. The van der Waals surface area contributed by atoms with Gasteiger partial charge in [0.2, 0.25) is 11.8 Å². The van der Waals surface area contributed by atoms with Gasteiger partial charge in [-0.3, -0.25) is 9.59 Å². The summed E-state index contributed by atoms with van der Waals surface area (Å²) >= 11 is 0. The van der Waals surface area contributed by atoms with Crippen molar-refractivity contribution in [2.75, 3.05) is 11.5 Å². The smallest absolute Gasteiger partial charge is 0.249 e. The third-order valence-corrected chi connectivity index (χ3v) is 4.13. The summed E-state index contributed by atoms with van der Waals surface area (Å²) in [4.78, 5) is 23.9. The van der Waals surface area contributed by atoms with E-state index in [0.717, 1.165) is 11.1 Å². The van der Waals surface area contributed by atoms with Gasteiger partial charge in [0.1, 0.15) is 0 Å². The first-order valence-electron chi connectivity index (χ1n) is 7.86. The maximum atomic E-state index is 12.0. The van der Waals surface area contributed by atoms with Gasteiger partial charge in [0.15, 0.2) is 0 Å². The van der Waals surface area contributed by atoms with Gasteiger partial charge in [-0.1, -0.05) is 24.3 Å². The van der Waals surface area contributed by atoms with Crippen molar-refractivity contribution in [1.29, 1.82) is 0 Å². The van der Waals surface area contributed by atoms with Crippen molar-refractivity contribution in [3.63, 3.8) is 0 Å². The summed E-state index contributed by atoms with van der Waals surface area (Å²) in [5, 5.41) is 0. The quantitative estimate of drug-likeness (QED) is 0.539. The molecule has 3 aromatic carbocycles. The Bertz CT molecular complexity index is 915. The zero-order valence-corrected chi connectivity index (χ0v) is 13.9. The van der Waals surface area contributed by atoms with E-state index >= 15 is 0 Å². The molecule has 0 radical (unpaired) electrons. The Kier molecular flexibility index (Phi) is 4.33. The Morgan fingerprint density at radius 1 is 0.577 bits per heavy atom. The van der Waals surface area contributed by atoms with E-state index in [0.29, 0.717) is 22.5 Å². The third-order valence-electron chi connectivity index (χ3n) is 4.13. The molecule has 6 heteroatoms. The third kappa shape index (κ3) is 3.21. The SMILES string of the molecule is NC(=O)c1cc(C(N)=O)c(-c2ccc(N)cc2)cc1-c1ccc(N)cc1. The fraction of sp³-hybridized carbons (Fsp3) is 0. The summed E-state index contributed by atoms with van der Waals surface area (Å²) in [5.41, 5.74) is 26.8. The van der Waals surface area contributed by atoms with Crippen molar-refractivity contribution < 1.29 is 9.59 Å². The summed E-state index contributed by atoms with van der Waals surface area (Å²) in [6.45, 7) is 0. The second-order valence-corrected chi connectivity index (χ2v) is 5.92. The van der Waals surface area contributed by atoms with Gasteiger partial charge >= 0.3 is 0 Å². The Hall–Kier alpha value is -3.80. The number of nitrogens with two attached hydrogens (primary N) is 4. The van der Waals surface area contributed by atoms with Crippen molar-refractivity contribution in [3.8, 4) is 22.3 Å². The van der Waals surface area contributed by atoms with Crippen molar-refractivity contribution in [3.05, 3.63) is 71.8 Å². The molecule has 0 atom stereocenters. The lowest BCUT2D eigenvalue weighted by atomic mass is 9.90. The lowest BCUT2D eigenvalue weighted by molar-refractivity contribution is 0.0999. The van der Waals surface area contributed by atoms with Gasteiger partial charge in [-0.2, -0.15) is 0 Å². The molecule has 0 saturated heterocycles. The zero-order chi connectivity index (χ0) is 18.8. The van der Waals surface area contributed by atoms with Crippen LogP contribution in [-0.4, -0.2) is 11.8 Å². The van der Waals surface area contributed by atoms with Crippen molar-refractivity contribution in [1.82, 2.24) is 0 Å². The molecule has 0 aliphatic carbocycles. The number of primary amides is 2. The number of carbonyl (C=O) groups is 2. The maximum absolute atomic E-state index is 12.0. The van der Waals surface area contributed by atoms with Crippen LogP contribution in [0, 0.1) is 0 Å². The molecule has 3 aromatic rings. The highest BCUT2D eigenvalue weighted by molar-refractivity contribution is 6.07. The molecule has 0 aliphatic heterocycles. The zero-order valence-electron chi connectivity index (χ0n) is 13.9. The van der Waals surface area contributed by atoms with Gasteiger partial charge in [-0.25, -0.2) is 0 Å². The number of carbonyl (C=O) groups excluding carboxylic acids is 2. The van der Waals surface area contributed by atoms with Crippen LogP contribution in [0.2, 0.25) is 0 Å². The van der Waals surface area contributed by atoms with Crippen LogP contribution in [0.3, 0.4) is 0 Å². The molecule has 0 saturated carbocycles. The molecule has 26 heavy (non-hydrogen) atoms. The van der Waals surface area contributed by atoms with E-state index in [2.05, 4.69) is 0 Å². The normalized spacial score (nSPS) is 10.5. The minimum atomic E-state index is -0.650. The van der Waals surface area contributed by atoms with E-state index in [1.54, 1.807) is 54.6 Å². The van der Waals surface area contributed by atoms with Crippen LogP contribution < -0.4 is 22.9 Å². The first-order chi connectivity index (χ1) is 12.4. The molecule has 0 heterocycles. The summed E-state index contributed by atoms with van der Waals surface area (Å²) < 4.78 is 0. The van der Waals surface area contributed by atoms with E-state index in [9.17, 15) is 9.59 Å². The lowest BCUT2D eigenvalue weighted by Crippen LogP contribution is -2.17. The van der Waals surface area contributed by atoms with Gasteiger partial charge in [0.25, 0.3) is 0 Å². The van der Waals surface area contributed by atoms with Crippen LogP contribution in [-0.2, 0) is 0 Å². The summed E-state index contributed by atoms with van der Waals surface area (Å²) in [7, 11) is 0. The maximum Gasteiger partial charge on any atom is 0.249 e. The average molecular weight is 346 g/mol. The minimum Gasteiger partial charge on any atom is -0.399 e. The topological polar surface area (TPSA) is 138 Å². The second kappa shape index (κ2) is 6.60. The van der Waals surface area contributed by atoms with Crippen LogP contribution in [0.1, 0.15) is 20.7 Å². The van der Waals surface area contributed by atoms with E-state index in [1.807, 2.05) is 0 Å². The minimum absolute atomic E-state index is 0.211. The van der Waals surface area contributed by atoms with E-state index < -0.39 is 11.8 Å². The van der Waals surface area contributed by atoms with Crippen molar-refractivity contribution in [2.45, 2.75) is 0 Å². The van der Waals surface area contributed by atoms with E-state index in [-0.39, 0.29) is 11.1 Å². The Balaban J connectivity index is 2.31. The van der Waals surface area contributed by atoms with Gasteiger partial charge in [0.05, 0.1) is 0 Å². The molecule has 130 valence electrons. The molecule has 2 amide bonds. The Morgan fingerprint density at radius 3 is 1.23 bits per heavy atom. The van der Waals surface area contributed by atoms with E-state index in [4.69, 9.17) is 22.9 Å². The molecule has 0 fully saturated rings. The number of hydrogen-bond donors (Lipinski definition) is 4. The predicted octanol–water partition coefficient (Wildman–Crippen LogP) is 2.38. The number of anilines is 2. The van der Waals surface area contributed by atoms with Crippen LogP contribution in [0.5, 0.6) is 0 Å². The number of nitrogen functional groups attached to an aromatic ring is 2. The molecular weight excluding hydrogens is 328 g/mol. The van der Waals surface area contributed by atoms with Crippen LogP contribution in [0.25, 0.3) is 22.3 Å². The van der Waals surface area contributed by atoms with Gasteiger partial charge < -0.3 is 22.9 Å². The largest absolute Gasteiger partial charge is 0.399 e. The fourth-order valence-electron chi connectivity index (χ4n) is 2.81. The molecule has 8 N–H and O–H groups in total. The summed E-state index contributed by atoms with van der Waals surface area (Å²) in [6.07, 6.45) is 0. The van der Waals surface area contributed by atoms with Crippen molar-refractivity contribution in [2.24, 2.45) is 11.5 Å². The Labute approximate surface area is 150 Å². The van der Waals surface area contributed by atoms with Gasteiger partial charge in [-0.15, -0.1) is 0 Å². The molecule has 0 aromatic heterocycles. The average Bonchev–Trinajstić information content (AvgIpc) is 2.62. The highest BCUT2D eigenvalue weighted by Gasteiger charge is 2.18. The van der Waals surface area contributed by atoms with Crippen LogP contribution in [0.4, 0.5) is 11.4 Å². The number of benzene rings is 3. The van der Waals surface area contributed by atoms with Crippen LogP contribution in [0.15, 0.2) is 60.7 Å². The van der Waals surface area contributed by atoms with Gasteiger partial charge in [0, 0.05) is 22.5 Å². The molecule has 0 unspecified atom stereocenters. The van der Waals surface area contributed by atoms with Crippen molar-refractivity contribution >= 4 is 23.2 Å². The monoisotopic (exact) mass is 346 g/mol. The summed E-state index contributed by atoms with van der Waals surface area (Å²) in [6, 6.07) is 17.2. The molecule has 3 rings (SSSR count). The highest BCUT2D eigenvalue weighted by atomic mass is 16.1. The molecule has 0 spiro atoms. The van der Waals surface area contributed by atoms with E-state index in [1.165, 1.54) is 6.07 Å². The molecule has 0 bridgehead atoms. The molecule has 0 aliphatic rings. The predicted molar refractivity (Wildman–Crippen MR) is 103 cm³/mol. The van der Waals surface area contributed by atoms with Crippen LogP contribution >= 0.6 is 0 Å². The Morgan fingerprint density at radius 2 is 0.923 bits per heavy atom. The standard InChI is InChI=1S/C20H18N4O2/c21-13-5-1-11(2-6-13)15-9-16(12-3-7-14(22)8-4-12)18(20(24)26)10-17(15)19(23)25/h1-10H,21-22H2,(H2,23,25)(H2,24,26). The number of hydrogen-bond acceptors (Lipinski definition) is 4. The lowest BCUT2D eigenvalue weighted by Gasteiger charge is -2.14. The number of amides is 2. The molecule has 6 nitrogen and oxygen atoms in total. The second-order valence-electron chi connectivity index (χ2n) is 5.92. The molecular formula is C20H18N4O2. The first-order valence-corrected chi connectivity index (χ1v) is 7.86.